The van der Waals surface area contributed by atoms with Crippen molar-refractivity contribution >= 4 is 17.6 Å². The number of hydrogen-bond donors (Lipinski definition) is 1. The Morgan fingerprint density at radius 2 is 1.58 bits per heavy atom. The van der Waals surface area contributed by atoms with Crippen molar-refractivity contribution in [2.24, 2.45) is 0 Å². The molecule has 1 atom stereocenters. The largest absolute Gasteiger partial charge is 0.489 e. The van der Waals surface area contributed by atoms with Gasteiger partial charge in [0.1, 0.15) is 12.4 Å². The second kappa shape index (κ2) is 11.0. The lowest BCUT2D eigenvalue weighted by molar-refractivity contribution is -0.119. The molecular formula is C26H27NO4. The van der Waals surface area contributed by atoms with E-state index in [1.54, 1.807) is 24.3 Å². The number of benzene rings is 3. The molecule has 0 spiro atoms. The van der Waals surface area contributed by atoms with Crippen molar-refractivity contribution in [1.82, 2.24) is 0 Å². The summed E-state index contributed by atoms with van der Waals surface area (Å²) in [5, 5.41) is 2.74. The lowest BCUT2D eigenvalue weighted by Gasteiger charge is -2.11. The molecule has 3 rings (SSSR count). The molecule has 1 N–H and O–H groups in total. The van der Waals surface area contributed by atoms with Crippen LogP contribution in [0.25, 0.3) is 0 Å². The van der Waals surface area contributed by atoms with Crippen LogP contribution in [0.4, 0.5) is 5.69 Å². The fourth-order valence-electron chi connectivity index (χ4n) is 2.97. The van der Waals surface area contributed by atoms with Crippen molar-refractivity contribution in [3.8, 4) is 5.75 Å². The van der Waals surface area contributed by atoms with Gasteiger partial charge in [0.15, 0.2) is 6.61 Å². The maximum Gasteiger partial charge on any atom is 0.338 e. The van der Waals surface area contributed by atoms with Gasteiger partial charge in [-0.05, 0) is 59.9 Å². The SMILES string of the molecule is CC[C@H](C)c1ccc(NC(=O)COC(=O)c2ccc(OCc3ccccc3)cc2)cc1. The van der Waals surface area contributed by atoms with E-state index in [0.717, 1.165) is 12.0 Å². The van der Waals surface area contributed by atoms with E-state index >= 15 is 0 Å². The third-order valence-corrected chi connectivity index (χ3v) is 5.05. The highest BCUT2D eigenvalue weighted by Gasteiger charge is 2.11. The molecule has 0 saturated heterocycles. The first-order valence-corrected chi connectivity index (χ1v) is 10.4. The minimum absolute atomic E-state index is 0.349. The molecule has 160 valence electrons. The number of carbonyl (C=O) groups is 2. The first-order chi connectivity index (χ1) is 15.0. The average Bonchev–Trinajstić information content (AvgIpc) is 2.82. The van der Waals surface area contributed by atoms with Crippen LogP contribution in [-0.4, -0.2) is 18.5 Å². The van der Waals surface area contributed by atoms with Gasteiger partial charge in [0.25, 0.3) is 5.91 Å². The predicted octanol–water partition coefficient (Wildman–Crippen LogP) is 5.57. The molecule has 1 amide bonds. The number of anilines is 1. The highest BCUT2D eigenvalue weighted by molar-refractivity contribution is 5.95. The van der Waals surface area contributed by atoms with Gasteiger partial charge in [-0.1, -0.05) is 56.3 Å². The molecule has 0 aliphatic rings. The number of ether oxygens (including phenoxy) is 2. The monoisotopic (exact) mass is 417 g/mol. The van der Waals surface area contributed by atoms with Gasteiger partial charge in [-0.15, -0.1) is 0 Å². The first-order valence-electron chi connectivity index (χ1n) is 10.4. The average molecular weight is 418 g/mol. The molecule has 3 aromatic carbocycles. The van der Waals surface area contributed by atoms with Crippen LogP contribution in [0.3, 0.4) is 0 Å². The molecule has 31 heavy (non-hydrogen) atoms. The van der Waals surface area contributed by atoms with Crippen molar-refractivity contribution in [3.63, 3.8) is 0 Å². The van der Waals surface area contributed by atoms with Crippen LogP contribution in [0.15, 0.2) is 78.9 Å². The van der Waals surface area contributed by atoms with Gasteiger partial charge in [-0.3, -0.25) is 4.79 Å². The Hall–Kier alpha value is -3.60. The molecule has 0 heterocycles. The molecule has 3 aromatic rings. The molecule has 5 nitrogen and oxygen atoms in total. The number of nitrogens with one attached hydrogen (secondary N) is 1. The summed E-state index contributed by atoms with van der Waals surface area (Å²) in [7, 11) is 0. The number of carbonyl (C=O) groups excluding carboxylic acids is 2. The molecule has 5 heteroatoms. The summed E-state index contributed by atoms with van der Waals surface area (Å²) in [6.07, 6.45) is 1.06. The Balaban J connectivity index is 1.44. The summed E-state index contributed by atoms with van der Waals surface area (Å²) in [6.45, 7) is 4.40. The van der Waals surface area contributed by atoms with E-state index in [9.17, 15) is 9.59 Å². The third-order valence-electron chi connectivity index (χ3n) is 5.05. The summed E-state index contributed by atoms with van der Waals surface area (Å²) in [5.74, 6) is 0.184. The van der Waals surface area contributed by atoms with Crippen LogP contribution >= 0.6 is 0 Å². The van der Waals surface area contributed by atoms with Gasteiger partial charge in [0.2, 0.25) is 0 Å². The molecule has 0 radical (unpaired) electrons. The van der Waals surface area contributed by atoms with E-state index in [-0.39, 0.29) is 12.5 Å². The summed E-state index contributed by atoms with van der Waals surface area (Å²) >= 11 is 0. The van der Waals surface area contributed by atoms with Crippen molar-refractivity contribution in [2.75, 3.05) is 11.9 Å². The quantitative estimate of drug-likeness (QED) is 0.462. The second-order valence-electron chi connectivity index (χ2n) is 7.35. The predicted molar refractivity (Wildman–Crippen MR) is 121 cm³/mol. The maximum atomic E-state index is 12.2. The Kier molecular flexibility index (Phi) is 7.82. The zero-order valence-corrected chi connectivity index (χ0v) is 17.8. The lowest BCUT2D eigenvalue weighted by atomic mass is 9.99. The van der Waals surface area contributed by atoms with E-state index in [2.05, 4.69) is 19.2 Å². The molecular weight excluding hydrogens is 390 g/mol. The minimum Gasteiger partial charge on any atom is -0.489 e. The normalized spacial score (nSPS) is 11.4. The van der Waals surface area contributed by atoms with Gasteiger partial charge < -0.3 is 14.8 Å². The number of rotatable bonds is 9. The lowest BCUT2D eigenvalue weighted by Crippen LogP contribution is -2.20. The smallest absolute Gasteiger partial charge is 0.338 e. The van der Waals surface area contributed by atoms with E-state index < -0.39 is 5.97 Å². The minimum atomic E-state index is -0.558. The highest BCUT2D eigenvalue weighted by atomic mass is 16.5. The zero-order valence-electron chi connectivity index (χ0n) is 17.8. The Labute approximate surface area is 183 Å². The zero-order chi connectivity index (χ0) is 22.1. The number of esters is 1. The highest BCUT2D eigenvalue weighted by Crippen LogP contribution is 2.20. The van der Waals surface area contributed by atoms with Crippen molar-refractivity contribution in [2.45, 2.75) is 32.8 Å². The van der Waals surface area contributed by atoms with Crippen LogP contribution in [0.1, 0.15) is 47.7 Å². The molecule has 0 unspecified atom stereocenters. The molecule has 0 bridgehead atoms. The van der Waals surface area contributed by atoms with Crippen LogP contribution in [0.5, 0.6) is 5.75 Å². The fraction of sp³-hybridized carbons (Fsp3) is 0.231. The summed E-state index contributed by atoms with van der Waals surface area (Å²) in [5.41, 5.74) is 3.32. The van der Waals surface area contributed by atoms with Crippen LogP contribution in [0.2, 0.25) is 0 Å². The van der Waals surface area contributed by atoms with Gasteiger partial charge in [-0.25, -0.2) is 4.79 Å². The van der Waals surface area contributed by atoms with E-state index in [4.69, 9.17) is 9.47 Å². The van der Waals surface area contributed by atoms with Gasteiger partial charge in [-0.2, -0.15) is 0 Å². The molecule has 0 fully saturated rings. The fourth-order valence-corrected chi connectivity index (χ4v) is 2.97. The molecule has 0 aromatic heterocycles. The molecule has 0 saturated carbocycles. The van der Waals surface area contributed by atoms with Crippen LogP contribution in [0, 0.1) is 0 Å². The first kappa shape index (κ1) is 22.1. The summed E-state index contributed by atoms with van der Waals surface area (Å²) in [4.78, 5) is 24.3. The maximum absolute atomic E-state index is 12.2. The molecule has 0 aliphatic heterocycles. The Morgan fingerprint density at radius 1 is 0.903 bits per heavy atom. The Morgan fingerprint density at radius 3 is 2.23 bits per heavy atom. The van der Waals surface area contributed by atoms with Crippen LogP contribution in [-0.2, 0) is 16.1 Å². The Bertz CT molecular complexity index is 982. The number of amides is 1. The number of hydrogen-bond acceptors (Lipinski definition) is 4. The summed E-state index contributed by atoms with van der Waals surface area (Å²) in [6, 6.07) is 24.2. The van der Waals surface area contributed by atoms with E-state index in [1.165, 1.54) is 5.56 Å². The van der Waals surface area contributed by atoms with Crippen LogP contribution < -0.4 is 10.1 Å². The van der Waals surface area contributed by atoms with Gasteiger partial charge in [0, 0.05) is 5.69 Å². The third kappa shape index (κ3) is 6.71. The van der Waals surface area contributed by atoms with Crippen molar-refractivity contribution in [3.05, 3.63) is 95.6 Å². The molecule has 0 aliphatic carbocycles. The van der Waals surface area contributed by atoms with Gasteiger partial charge in [0.05, 0.1) is 5.56 Å². The summed E-state index contributed by atoms with van der Waals surface area (Å²) < 4.78 is 10.8. The second-order valence-corrected chi connectivity index (χ2v) is 7.35. The topological polar surface area (TPSA) is 64.6 Å². The van der Waals surface area contributed by atoms with E-state index in [1.807, 2.05) is 54.6 Å². The van der Waals surface area contributed by atoms with Crippen molar-refractivity contribution < 1.29 is 19.1 Å². The van der Waals surface area contributed by atoms with Crippen molar-refractivity contribution in [1.29, 1.82) is 0 Å². The van der Waals surface area contributed by atoms with Gasteiger partial charge >= 0.3 is 5.97 Å². The van der Waals surface area contributed by atoms with E-state index in [0.29, 0.717) is 29.5 Å². The standard InChI is InChI=1S/C26H27NO4/c1-3-19(2)21-9-13-23(14-10-21)27-25(28)18-31-26(29)22-11-15-24(16-12-22)30-17-20-7-5-4-6-8-20/h4-16,19H,3,17-18H2,1-2H3,(H,27,28)/t19-/m0/s1.